The van der Waals surface area contributed by atoms with Crippen LogP contribution < -0.4 is 10.1 Å². The summed E-state index contributed by atoms with van der Waals surface area (Å²) in [5, 5.41) is 6.38. The van der Waals surface area contributed by atoms with Crippen molar-refractivity contribution in [2.24, 2.45) is 5.92 Å². The van der Waals surface area contributed by atoms with Crippen molar-refractivity contribution < 1.29 is 31.3 Å². The second-order valence-corrected chi connectivity index (χ2v) is 8.62. The Morgan fingerprint density at radius 2 is 2.00 bits per heavy atom. The van der Waals surface area contributed by atoms with E-state index in [0.29, 0.717) is 25.1 Å². The maximum atomic E-state index is 13.0. The zero-order chi connectivity index (χ0) is 21.2. The highest BCUT2D eigenvalue weighted by Gasteiger charge is 2.36. The summed E-state index contributed by atoms with van der Waals surface area (Å²) in [6, 6.07) is 5.52. The number of nitrogens with one attached hydrogen (secondary N) is 1. The summed E-state index contributed by atoms with van der Waals surface area (Å²) in [7, 11) is -3.83. The average Bonchev–Trinajstić information content (AvgIpc) is 3.02. The number of amides is 1. The lowest BCUT2D eigenvalue weighted by Gasteiger charge is -2.31. The van der Waals surface area contributed by atoms with E-state index in [4.69, 9.17) is 4.52 Å². The molecule has 1 N–H and O–H groups in total. The number of hydrogen-bond donors (Lipinski definition) is 1. The number of anilines is 1. The van der Waals surface area contributed by atoms with Gasteiger partial charge in [-0.3, -0.25) is 4.79 Å². The Morgan fingerprint density at radius 3 is 2.59 bits per heavy atom. The molecule has 2 heterocycles. The third-order valence-electron chi connectivity index (χ3n) is 4.67. The normalized spacial score (nSPS) is 18.0. The molecule has 0 spiro atoms. The van der Waals surface area contributed by atoms with Gasteiger partial charge < -0.3 is 14.6 Å². The number of halogens is 2. The second-order valence-electron chi connectivity index (χ2n) is 6.75. The van der Waals surface area contributed by atoms with Gasteiger partial charge in [-0.05, 0) is 51.0 Å². The summed E-state index contributed by atoms with van der Waals surface area (Å²) >= 11 is 0. The number of aryl methyl sites for hydroxylation is 2. The highest BCUT2D eigenvalue weighted by atomic mass is 32.2. The molecule has 0 bridgehead atoms. The topological polar surface area (TPSA) is 102 Å². The van der Waals surface area contributed by atoms with Crippen LogP contribution in [0.1, 0.15) is 24.3 Å². The Labute approximate surface area is 166 Å². The molecule has 1 aromatic carbocycles. The van der Waals surface area contributed by atoms with E-state index in [2.05, 4.69) is 15.2 Å². The van der Waals surface area contributed by atoms with Crippen LogP contribution in [-0.2, 0) is 14.8 Å². The summed E-state index contributed by atoms with van der Waals surface area (Å²) in [5.41, 5.74) is 0.683. The quantitative estimate of drug-likeness (QED) is 0.758. The van der Waals surface area contributed by atoms with E-state index in [-0.39, 0.29) is 34.6 Å². The van der Waals surface area contributed by atoms with Crippen LogP contribution in [0.4, 0.5) is 14.5 Å². The molecule has 29 heavy (non-hydrogen) atoms. The molecule has 1 atom stereocenters. The van der Waals surface area contributed by atoms with Gasteiger partial charge in [-0.15, -0.1) is 0 Å². The third kappa shape index (κ3) is 4.73. The van der Waals surface area contributed by atoms with Crippen molar-refractivity contribution in [1.82, 2.24) is 9.46 Å². The first-order valence-corrected chi connectivity index (χ1v) is 10.4. The minimum absolute atomic E-state index is 0.0209. The highest BCUT2D eigenvalue weighted by molar-refractivity contribution is 7.89. The van der Waals surface area contributed by atoms with Crippen molar-refractivity contribution in [3.8, 4) is 5.75 Å². The predicted molar refractivity (Wildman–Crippen MR) is 99.2 cm³/mol. The highest BCUT2D eigenvalue weighted by Crippen LogP contribution is 2.28. The molecule has 1 aliphatic heterocycles. The summed E-state index contributed by atoms with van der Waals surface area (Å²) < 4.78 is 60.8. The first-order chi connectivity index (χ1) is 13.7. The number of hydrogen-bond acceptors (Lipinski definition) is 6. The zero-order valence-electron chi connectivity index (χ0n) is 15.9. The number of benzene rings is 1. The van der Waals surface area contributed by atoms with Crippen molar-refractivity contribution in [2.45, 2.75) is 38.2 Å². The standard InChI is InChI=1S/C18H21F2N3O5S/c1-11-16(12(2)28-22-11)29(25,26)23-9-3-4-13(10-23)17(24)21-14-5-7-15(8-6-14)27-18(19)20/h5-8,13,18H,3-4,9-10H2,1-2H3,(H,21,24). The predicted octanol–water partition coefficient (Wildman–Crippen LogP) is 2.93. The lowest BCUT2D eigenvalue weighted by atomic mass is 9.99. The summed E-state index contributed by atoms with van der Waals surface area (Å²) in [6.45, 7) is 0.491. The van der Waals surface area contributed by atoms with Gasteiger partial charge in [0.2, 0.25) is 15.9 Å². The SMILES string of the molecule is Cc1noc(C)c1S(=O)(=O)N1CCCC(C(=O)Nc2ccc(OC(F)F)cc2)C1. The molecule has 1 amide bonds. The molecular weight excluding hydrogens is 408 g/mol. The van der Waals surface area contributed by atoms with E-state index in [1.165, 1.54) is 35.5 Å². The van der Waals surface area contributed by atoms with Crippen LogP contribution in [0.2, 0.25) is 0 Å². The van der Waals surface area contributed by atoms with Gasteiger partial charge in [-0.2, -0.15) is 13.1 Å². The van der Waals surface area contributed by atoms with Gasteiger partial charge in [-0.1, -0.05) is 5.16 Å². The van der Waals surface area contributed by atoms with Crippen molar-refractivity contribution in [2.75, 3.05) is 18.4 Å². The van der Waals surface area contributed by atoms with Gasteiger partial charge in [0.15, 0.2) is 5.76 Å². The first kappa shape index (κ1) is 21.2. The number of carbonyl (C=O) groups is 1. The number of ether oxygens (including phenoxy) is 1. The van der Waals surface area contributed by atoms with Gasteiger partial charge in [0, 0.05) is 18.8 Å². The molecule has 0 saturated carbocycles. The number of nitrogens with zero attached hydrogens (tertiary/aromatic N) is 2. The van der Waals surface area contributed by atoms with Crippen LogP contribution >= 0.6 is 0 Å². The van der Waals surface area contributed by atoms with Crippen LogP contribution in [0.3, 0.4) is 0 Å². The van der Waals surface area contributed by atoms with Crippen molar-refractivity contribution in [3.05, 3.63) is 35.7 Å². The van der Waals surface area contributed by atoms with Crippen molar-refractivity contribution in [1.29, 1.82) is 0 Å². The molecule has 1 fully saturated rings. The van der Waals surface area contributed by atoms with Gasteiger partial charge >= 0.3 is 6.61 Å². The van der Waals surface area contributed by atoms with Gasteiger partial charge in [0.25, 0.3) is 0 Å². The van der Waals surface area contributed by atoms with Crippen molar-refractivity contribution in [3.63, 3.8) is 0 Å². The van der Waals surface area contributed by atoms with E-state index >= 15 is 0 Å². The van der Waals surface area contributed by atoms with Crippen LogP contribution in [0.25, 0.3) is 0 Å². The lowest BCUT2D eigenvalue weighted by molar-refractivity contribution is -0.120. The fourth-order valence-corrected chi connectivity index (χ4v) is 5.13. The number of piperidine rings is 1. The molecule has 8 nitrogen and oxygen atoms in total. The van der Waals surface area contributed by atoms with Crippen LogP contribution in [0.5, 0.6) is 5.75 Å². The van der Waals surface area contributed by atoms with Crippen LogP contribution in [0, 0.1) is 19.8 Å². The smallest absolute Gasteiger partial charge is 0.387 e. The third-order valence-corrected chi connectivity index (χ3v) is 6.78. The summed E-state index contributed by atoms with van der Waals surface area (Å²) in [6.07, 6.45) is 1.06. The maximum absolute atomic E-state index is 13.0. The Bertz CT molecular complexity index is 956. The van der Waals surface area contributed by atoms with E-state index in [1.54, 1.807) is 6.92 Å². The largest absolute Gasteiger partial charge is 0.435 e. The Kier molecular flexibility index (Phi) is 6.18. The Balaban J connectivity index is 1.68. The number of carbonyl (C=O) groups excluding carboxylic acids is 1. The number of rotatable bonds is 6. The van der Waals surface area contributed by atoms with E-state index in [1.807, 2.05) is 0 Å². The molecule has 0 radical (unpaired) electrons. The number of sulfonamides is 1. The molecule has 1 aliphatic rings. The molecule has 1 unspecified atom stereocenters. The molecular formula is C18H21F2N3O5S. The second kappa shape index (κ2) is 8.46. The van der Waals surface area contributed by atoms with Gasteiger partial charge in [-0.25, -0.2) is 8.42 Å². The molecule has 2 aromatic rings. The van der Waals surface area contributed by atoms with Crippen LogP contribution in [-0.4, -0.2) is 43.5 Å². The fourth-order valence-electron chi connectivity index (χ4n) is 3.31. The first-order valence-electron chi connectivity index (χ1n) is 8.97. The summed E-state index contributed by atoms with van der Waals surface area (Å²) in [4.78, 5) is 12.6. The molecule has 1 saturated heterocycles. The van der Waals surface area contributed by atoms with E-state index in [9.17, 15) is 22.0 Å². The zero-order valence-corrected chi connectivity index (χ0v) is 16.7. The van der Waals surface area contributed by atoms with Crippen molar-refractivity contribution >= 4 is 21.6 Å². The minimum Gasteiger partial charge on any atom is -0.435 e. The Hall–Kier alpha value is -2.53. The van der Waals surface area contributed by atoms with E-state index < -0.39 is 22.6 Å². The molecule has 11 heteroatoms. The Morgan fingerprint density at radius 1 is 1.31 bits per heavy atom. The monoisotopic (exact) mass is 429 g/mol. The van der Waals surface area contributed by atoms with Gasteiger partial charge in [0.1, 0.15) is 16.3 Å². The molecule has 3 rings (SSSR count). The fraction of sp³-hybridized carbons (Fsp3) is 0.444. The number of aromatic nitrogens is 1. The minimum atomic E-state index is -3.83. The molecule has 1 aromatic heterocycles. The molecule has 0 aliphatic carbocycles. The number of alkyl halides is 2. The maximum Gasteiger partial charge on any atom is 0.387 e. The van der Waals surface area contributed by atoms with Gasteiger partial charge in [0.05, 0.1) is 5.92 Å². The average molecular weight is 429 g/mol. The lowest BCUT2D eigenvalue weighted by Crippen LogP contribution is -2.43. The van der Waals surface area contributed by atoms with Crippen LogP contribution in [0.15, 0.2) is 33.7 Å². The van der Waals surface area contributed by atoms with E-state index in [0.717, 1.165) is 0 Å². The molecule has 158 valence electrons. The summed E-state index contributed by atoms with van der Waals surface area (Å²) in [5.74, 6) is -0.699.